The summed E-state index contributed by atoms with van der Waals surface area (Å²) in [5.41, 5.74) is 0.380. The smallest absolute Gasteiger partial charge is 0.255 e. The zero-order valence-corrected chi connectivity index (χ0v) is 19.6. The van der Waals surface area contributed by atoms with Gasteiger partial charge in [-0.3, -0.25) is 4.79 Å². The lowest BCUT2D eigenvalue weighted by molar-refractivity contribution is 0.102. The largest absolute Gasteiger partial charge is 0.492 e. The first-order valence-corrected chi connectivity index (χ1v) is 11.5. The van der Waals surface area contributed by atoms with Gasteiger partial charge in [-0.05, 0) is 85.1 Å². The SMILES string of the molecule is CC(C)COc1ccc(C(=O)Nc2ccc(S(=O)(=O)NC(C)(C)C)cc2)cc1Br. The standard InChI is InChI=1S/C21H27BrN2O4S/c1-14(2)13-28-19-11-6-15(12-18(19)22)20(25)23-16-7-9-17(10-8-16)29(26,27)24-21(3,4)5/h6-12,14,24H,13H2,1-5H3,(H,23,25). The Hall–Kier alpha value is -1.90. The molecule has 0 heterocycles. The minimum Gasteiger partial charge on any atom is -0.492 e. The molecule has 2 aromatic carbocycles. The second-order valence-electron chi connectivity index (χ2n) is 8.18. The molecule has 8 heteroatoms. The van der Waals surface area contributed by atoms with Crippen LogP contribution in [0.5, 0.6) is 5.75 Å². The van der Waals surface area contributed by atoms with Crippen molar-refractivity contribution in [3.05, 3.63) is 52.5 Å². The van der Waals surface area contributed by atoms with E-state index in [1.165, 1.54) is 12.1 Å². The molecule has 1 amide bonds. The summed E-state index contributed by atoms with van der Waals surface area (Å²) >= 11 is 3.43. The maximum absolute atomic E-state index is 12.5. The van der Waals surface area contributed by atoms with Crippen LogP contribution in [0.1, 0.15) is 45.0 Å². The number of benzene rings is 2. The van der Waals surface area contributed by atoms with E-state index in [0.717, 1.165) is 0 Å². The lowest BCUT2D eigenvalue weighted by atomic mass is 10.1. The van der Waals surface area contributed by atoms with Crippen LogP contribution in [0, 0.1) is 5.92 Å². The zero-order chi connectivity index (χ0) is 21.8. The summed E-state index contributed by atoms with van der Waals surface area (Å²) in [5.74, 6) is 0.774. The van der Waals surface area contributed by atoms with Crippen LogP contribution in [0.3, 0.4) is 0 Å². The van der Waals surface area contributed by atoms with E-state index in [4.69, 9.17) is 4.74 Å². The highest BCUT2D eigenvalue weighted by atomic mass is 79.9. The molecule has 158 valence electrons. The second kappa shape index (κ2) is 9.28. The molecule has 0 aliphatic rings. The zero-order valence-electron chi connectivity index (χ0n) is 17.2. The van der Waals surface area contributed by atoms with Crippen molar-refractivity contribution in [2.75, 3.05) is 11.9 Å². The Morgan fingerprint density at radius 3 is 2.24 bits per heavy atom. The normalized spacial score (nSPS) is 12.1. The molecule has 2 aromatic rings. The highest BCUT2D eigenvalue weighted by Gasteiger charge is 2.21. The number of anilines is 1. The van der Waals surface area contributed by atoms with Gasteiger partial charge >= 0.3 is 0 Å². The Kier molecular flexibility index (Phi) is 7.48. The molecular weight excluding hydrogens is 456 g/mol. The molecule has 0 fully saturated rings. The molecule has 0 spiro atoms. The Morgan fingerprint density at radius 1 is 1.10 bits per heavy atom. The maximum Gasteiger partial charge on any atom is 0.255 e. The van der Waals surface area contributed by atoms with Crippen LogP contribution in [0.25, 0.3) is 0 Å². The molecule has 0 unspecified atom stereocenters. The van der Waals surface area contributed by atoms with Gasteiger partial charge in [0.2, 0.25) is 10.0 Å². The molecule has 0 aromatic heterocycles. The van der Waals surface area contributed by atoms with Crippen molar-refractivity contribution in [1.29, 1.82) is 0 Å². The van der Waals surface area contributed by atoms with Gasteiger partial charge in [-0.15, -0.1) is 0 Å². The first-order valence-electron chi connectivity index (χ1n) is 9.25. The Balaban J connectivity index is 2.08. The highest BCUT2D eigenvalue weighted by Crippen LogP contribution is 2.27. The molecule has 2 N–H and O–H groups in total. The molecule has 2 rings (SSSR count). The van der Waals surface area contributed by atoms with Crippen molar-refractivity contribution in [2.24, 2.45) is 5.92 Å². The summed E-state index contributed by atoms with van der Waals surface area (Å²) in [7, 11) is -3.62. The molecular formula is C21H27BrN2O4S. The average Bonchev–Trinajstić information content (AvgIpc) is 2.59. The maximum atomic E-state index is 12.5. The predicted molar refractivity (Wildman–Crippen MR) is 119 cm³/mol. The van der Waals surface area contributed by atoms with Gasteiger partial charge in [-0.1, -0.05) is 13.8 Å². The molecule has 6 nitrogen and oxygen atoms in total. The minimum absolute atomic E-state index is 0.139. The minimum atomic E-state index is -3.62. The van der Waals surface area contributed by atoms with Crippen molar-refractivity contribution in [1.82, 2.24) is 4.72 Å². The van der Waals surface area contributed by atoms with Gasteiger partial charge in [-0.2, -0.15) is 0 Å². The molecule has 29 heavy (non-hydrogen) atoms. The van der Waals surface area contributed by atoms with Crippen molar-refractivity contribution < 1.29 is 17.9 Å². The number of nitrogens with one attached hydrogen (secondary N) is 2. The van der Waals surface area contributed by atoms with Gasteiger partial charge in [0.05, 0.1) is 16.0 Å². The van der Waals surface area contributed by atoms with Crippen LogP contribution in [-0.4, -0.2) is 26.5 Å². The predicted octanol–water partition coefficient (Wildman–Crippen LogP) is 4.81. The van der Waals surface area contributed by atoms with E-state index in [1.807, 2.05) is 0 Å². The van der Waals surface area contributed by atoms with Crippen LogP contribution in [0.2, 0.25) is 0 Å². The van der Waals surface area contributed by atoms with E-state index >= 15 is 0 Å². The lowest BCUT2D eigenvalue weighted by Crippen LogP contribution is -2.40. The number of rotatable bonds is 7. The summed E-state index contributed by atoms with van der Waals surface area (Å²) < 4.78 is 33.7. The second-order valence-corrected chi connectivity index (χ2v) is 10.7. The first-order chi connectivity index (χ1) is 13.4. The van der Waals surface area contributed by atoms with E-state index in [0.29, 0.717) is 34.0 Å². The van der Waals surface area contributed by atoms with Crippen LogP contribution < -0.4 is 14.8 Å². The fraction of sp³-hybridized carbons (Fsp3) is 0.381. The molecule has 0 saturated carbocycles. The third-order valence-corrected chi connectivity index (χ3v) is 6.02. The van der Waals surface area contributed by atoms with Crippen molar-refractivity contribution >= 4 is 37.5 Å². The van der Waals surface area contributed by atoms with Gasteiger partial charge in [0, 0.05) is 16.8 Å². The van der Waals surface area contributed by atoms with E-state index < -0.39 is 15.6 Å². The highest BCUT2D eigenvalue weighted by molar-refractivity contribution is 9.10. The number of carbonyl (C=O) groups is 1. The third-order valence-electron chi connectivity index (χ3n) is 3.63. The summed E-state index contributed by atoms with van der Waals surface area (Å²) in [4.78, 5) is 12.6. The van der Waals surface area contributed by atoms with Gasteiger partial charge in [0.1, 0.15) is 5.75 Å². The van der Waals surface area contributed by atoms with Crippen molar-refractivity contribution in [3.8, 4) is 5.75 Å². The van der Waals surface area contributed by atoms with Crippen molar-refractivity contribution in [2.45, 2.75) is 45.1 Å². The lowest BCUT2D eigenvalue weighted by Gasteiger charge is -2.20. The monoisotopic (exact) mass is 482 g/mol. The number of sulfonamides is 1. The van der Waals surface area contributed by atoms with Crippen molar-refractivity contribution in [3.63, 3.8) is 0 Å². The number of ether oxygens (including phenoxy) is 1. The fourth-order valence-corrected chi connectivity index (χ4v) is 4.31. The van der Waals surface area contributed by atoms with E-state index in [1.54, 1.807) is 51.1 Å². The number of carbonyl (C=O) groups excluding carboxylic acids is 1. The quantitative estimate of drug-likeness (QED) is 0.592. The van der Waals surface area contributed by atoms with Crippen LogP contribution in [0.4, 0.5) is 5.69 Å². The summed E-state index contributed by atoms with van der Waals surface area (Å²) in [6.07, 6.45) is 0. The van der Waals surface area contributed by atoms with E-state index in [9.17, 15) is 13.2 Å². The molecule has 0 radical (unpaired) electrons. The topological polar surface area (TPSA) is 84.5 Å². The number of hydrogen-bond acceptors (Lipinski definition) is 4. The first kappa shape index (κ1) is 23.4. The van der Waals surface area contributed by atoms with E-state index in [-0.39, 0.29) is 10.8 Å². The van der Waals surface area contributed by atoms with Crippen LogP contribution in [-0.2, 0) is 10.0 Å². The molecule has 0 bridgehead atoms. The third kappa shape index (κ3) is 7.13. The van der Waals surface area contributed by atoms with Gasteiger partial charge in [0.15, 0.2) is 0 Å². The molecule has 0 aliphatic heterocycles. The van der Waals surface area contributed by atoms with Gasteiger partial charge in [-0.25, -0.2) is 13.1 Å². The van der Waals surface area contributed by atoms with Gasteiger partial charge in [0.25, 0.3) is 5.91 Å². The van der Waals surface area contributed by atoms with Crippen LogP contribution >= 0.6 is 15.9 Å². The fourth-order valence-electron chi connectivity index (χ4n) is 2.40. The average molecular weight is 483 g/mol. The van der Waals surface area contributed by atoms with Gasteiger partial charge < -0.3 is 10.1 Å². The summed E-state index contributed by atoms with van der Waals surface area (Å²) in [6, 6.07) is 11.2. The summed E-state index contributed by atoms with van der Waals surface area (Å²) in [6.45, 7) is 10.0. The van der Waals surface area contributed by atoms with E-state index in [2.05, 4.69) is 39.8 Å². The Labute approximate surface area is 181 Å². The van der Waals surface area contributed by atoms with Crippen LogP contribution in [0.15, 0.2) is 51.8 Å². The molecule has 0 saturated heterocycles. The number of halogens is 1. The molecule has 0 aliphatic carbocycles. The Morgan fingerprint density at radius 2 is 1.72 bits per heavy atom. The number of amides is 1. The number of hydrogen-bond donors (Lipinski definition) is 2. The summed E-state index contributed by atoms with van der Waals surface area (Å²) in [5, 5.41) is 2.77. The molecule has 0 atom stereocenters. The Bertz CT molecular complexity index is 965.